The van der Waals surface area contributed by atoms with Crippen molar-refractivity contribution in [2.75, 3.05) is 6.54 Å². The summed E-state index contributed by atoms with van der Waals surface area (Å²) >= 11 is 1.45. The number of carbonyl (C=O) groups excluding carboxylic acids is 1. The van der Waals surface area contributed by atoms with Crippen LogP contribution in [0.4, 0.5) is 4.39 Å². The van der Waals surface area contributed by atoms with E-state index in [2.05, 4.69) is 15.4 Å². The van der Waals surface area contributed by atoms with Gasteiger partial charge in [-0.05, 0) is 24.6 Å². The second kappa shape index (κ2) is 7.90. The van der Waals surface area contributed by atoms with E-state index in [-0.39, 0.29) is 11.7 Å². The minimum absolute atomic E-state index is 0.0114. The Morgan fingerprint density at radius 2 is 2.07 bits per heavy atom. The highest BCUT2D eigenvalue weighted by Gasteiger charge is 2.14. The van der Waals surface area contributed by atoms with Crippen LogP contribution in [-0.4, -0.2) is 27.0 Å². The highest BCUT2D eigenvalue weighted by molar-refractivity contribution is 7.15. The third-order valence-electron chi connectivity index (χ3n) is 4.42. The van der Waals surface area contributed by atoms with Crippen molar-refractivity contribution in [2.24, 2.45) is 0 Å². The topological polar surface area (TPSA) is 59.3 Å². The van der Waals surface area contributed by atoms with E-state index in [1.165, 1.54) is 17.4 Å². The van der Waals surface area contributed by atoms with Gasteiger partial charge in [0.05, 0.1) is 17.7 Å². The van der Waals surface area contributed by atoms with Crippen molar-refractivity contribution in [1.82, 2.24) is 19.9 Å². The van der Waals surface area contributed by atoms with Gasteiger partial charge < -0.3 is 5.32 Å². The zero-order valence-electron chi connectivity index (χ0n) is 15.4. The van der Waals surface area contributed by atoms with E-state index in [1.54, 1.807) is 22.7 Å². The van der Waals surface area contributed by atoms with Gasteiger partial charge in [0.25, 0.3) is 0 Å². The smallest absolute Gasteiger partial charge is 0.224 e. The molecule has 0 spiro atoms. The highest BCUT2D eigenvalue weighted by atomic mass is 32.1. The molecule has 0 radical (unpaired) electrons. The minimum Gasteiger partial charge on any atom is -0.355 e. The Labute approximate surface area is 165 Å². The molecular formula is C21H19FN4OS. The van der Waals surface area contributed by atoms with Crippen LogP contribution in [0.5, 0.6) is 0 Å². The molecule has 0 aliphatic heterocycles. The molecule has 0 fully saturated rings. The number of hydrogen-bond donors (Lipinski definition) is 1. The fraction of sp³-hybridized carbons (Fsp3) is 0.190. The molecule has 0 aliphatic carbocycles. The van der Waals surface area contributed by atoms with Crippen molar-refractivity contribution >= 4 is 22.2 Å². The van der Waals surface area contributed by atoms with Crippen molar-refractivity contribution in [2.45, 2.75) is 19.8 Å². The molecule has 0 saturated heterocycles. The van der Waals surface area contributed by atoms with Crippen molar-refractivity contribution in [3.63, 3.8) is 0 Å². The van der Waals surface area contributed by atoms with Crippen LogP contribution in [0.2, 0.25) is 0 Å². The number of nitrogens with one attached hydrogen (secondary N) is 1. The number of nitrogens with zero attached hydrogens (tertiary/aromatic N) is 3. The number of amides is 1. The van der Waals surface area contributed by atoms with Crippen LogP contribution in [-0.2, 0) is 17.6 Å². The number of fused-ring (bicyclic) bond motifs is 1. The van der Waals surface area contributed by atoms with Gasteiger partial charge in [-0.25, -0.2) is 8.91 Å². The summed E-state index contributed by atoms with van der Waals surface area (Å²) in [6.07, 6.45) is 0.987. The lowest BCUT2D eigenvalue weighted by atomic mass is 10.1. The molecule has 0 atom stereocenters. The first-order chi connectivity index (χ1) is 13.6. The molecule has 28 heavy (non-hydrogen) atoms. The van der Waals surface area contributed by atoms with E-state index in [9.17, 15) is 9.18 Å². The molecule has 2 aromatic carbocycles. The standard InChI is InChI=1S/C21H19FN4OS/c1-14-5-4-6-15(11-14)12-19(27)23-10-9-16-13-28-21-24-20(25-26(16)21)17-7-2-3-8-18(17)22/h2-8,11,13H,9-10,12H2,1H3,(H,23,27). The van der Waals surface area contributed by atoms with E-state index in [0.717, 1.165) is 16.8 Å². The molecule has 0 unspecified atom stereocenters. The van der Waals surface area contributed by atoms with E-state index in [0.29, 0.717) is 35.7 Å². The van der Waals surface area contributed by atoms with Crippen LogP contribution in [0.25, 0.3) is 16.3 Å². The lowest BCUT2D eigenvalue weighted by Gasteiger charge is -2.05. The Balaban J connectivity index is 1.40. The molecule has 5 nitrogen and oxygen atoms in total. The monoisotopic (exact) mass is 394 g/mol. The first-order valence-corrected chi connectivity index (χ1v) is 9.88. The van der Waals surface area contributed by atoms with Crippen LogP contribution < -0.4 is 5.32 Å². The summed E-state index contributed by atoms with van der Waals surface area (Å²) in [6.45, 7) is 2.52. The molecule has 142 valence electrons. The predicted molar refractivity (Wildman–Crippen MR) is 108 cm³/mol. The van der Waals surface area contributed by atoms with E-state index >= 15 is 0 Å². The van der Waals surface area contributed by atoms with Crippen LogP contribution in [0.15, 0.2) is 53.9 Å². The van der Waals surface area contributed by atoms with Gasteiger partial charge in [0.1, 0.15) is 5.82 Å². The van der Waals surface area contributed by atoms with Gasteiger partial charge in [-0.15, -0.1) is 16.4 Å². The average Bonchev–Trinajstić information content (AvgIpc) is 3.24. The normalized spacial score (nSPS) is 11.1. The van der Waals surface area contributed by atoms with Crippen molar-refractivity contribution in [1.29, 1.82) is 0 Å². The first kappa shape index (κ1) is 18.3. The van der Waals surface area contributed by atoms with E-state index in [4.69, 9.17) is 0 Å². The Morgan fingerprint density at radius 3 is 2.89 bits per heavy atom. The fourth-order valence-electron chi connectivity index (χ4n) is 3.05. The zero-order chi connectivity index (χ0) is 19.5. The number of rotatable bonds is 6. The summed E-state index contributed by atoms with van der Waals surface area (Å²) in [5, 5.41) is 9.35. The molecular weight excluding hydrogens is 375 g/mol. The summed E-state index contributed by atoms with van der Waals surface area (Å²) in [4.78, 5) is 17.3. The van der Waals surface area contributed by atoms with Gasteiger partial charge in [0.2, 0.25) is 10.9 Å². The van der Waals surface area contributed by atoms with Gasteiger partial charge in [0.15, 0.2) is 5.82 Å². The third kappa shape index (κ3) is 3.94. The van der Waals surface area contributed by atoms with Crippen molar-refractivity contribution in [3.05, 3.63) is 76.5 Å². The number of hydrogen-bond acceptors (Lipinski definition) is 4. The number of aromatic nitrogens is 3. The first-order valence-electron chi connectivity index (χ1n) is 9.00. The molecule has 2 heterocycles. The number of carbonyl (C=O) groups is 1. The molecule has 0 bridgehead atoms. The van der Waals surface area contributed by atoms with Crippen molar-refractivity contribution < 1.29 is 9.18 Å². The third-order valence-corrected chi connectivity index (χ3v) is 5.28. The average molecular weight is 394 g/mol. The zero-order valence-corrected chi connectivity index (χ0v) is 16.2. The summed E-state index contributed by atoms with van der Waals surface area (Å²) in [5.41, 5.74) is 3.46. The van der Waals surface area contributed by atoms with Gasteiger partial charge in [-0.1, -0.05) is 42.0 Å². The summed E-state index contributed by atoms with van der Waals surface area (Å²) in [6, 6.07) is 14.4. The lowest BCUT2D eigenvalue weighted by molar-refractivity contribution is -0.120. The van der Waals surface area contributed by atoms with Crippen LogP contribution >= 0.6 is 11.3 Å². The summed E-state index contributed by atoms with van der Waals surface area (Å²) < 4.78 is 15.7. The minimum atomic E-state index is -0.342. The Kier molecular flexibility index (Phi) is 5.16. The van der Waals surface area contributed by atoms with Crippen LogP contribution in [0.3, 0.4) is 0 Å². The summed E-state index contributed by atoms with van der Waals surface area (Å²) in [5.74, 6) is 0.0168. The van der Waals surface area contributed by atoms with E-state index < -0.39 is 0 Å². The highest BCUT2D eigenvalue weighted by Crippen LogP contribution is 2.23. The maximum atomic E-state index is 14.0. The van der Waals surface area contributed by atoms with Gasteiger partial charge >= 0.3 is 0 Å². The number of benzene rings is 2. The molecule has 7 heteroatoms. The van der Waals surface area contributed by atoms with Crippen molar-refractivity contribution in [3.8, 4) is 11.4 Å². The van der Waals surface area contributed by atoms with Gasteiger partial charge in [0, 0.05) is 18.3 Å². The Hall–Kier alpha value is -3.06. The second-order valence-corrected chi connectivity index (χ2v) is 7.44. The molecule has 4 rings (SSSR count). The Bertz CT molecular complexity index is 1130. The van der Waals surface area contributed by atoms with Gasteiger partial charge in [-0.2, -0.15) is 4.98 Å². The molecule has 0 saturated carbocycles. The van der Waals surface area contributed by atoms with Gasteiger partial charge in [-0.3, -0.25) is 4.79 Å². The second-order valence-electron chi connectivity index (χ2n) is 6.60. The summed E-state index contributed by atoms with van der Waals surface area (Å²) in [7, 11) is 0. The number of aryl methyl sites for hydroxylation is 1. The van der Waals surface area contributed by atoms with E-state index in [1.807, 2.05) is 36.6 Å². The maximum absolute atomic E-state index is 14.0. The molecule has 0 aliphatic rings. The maximum Gasteiger partial charge on any atom is 0.224 e. The number of halogens is 1. The lowest BCUT2D eigenvalue weighted by Crippen LogP contribution is -2.27. The Morgan fingerprint density at radius 1 is 1.21 bits per heavy atom. The molecule has 2 aromatic heterocycles. The van der Waals surface area contributed by atoms with Crippen LogP contribution in [0.1, 0.15) is 16.8 Å². The predicted octanol–water partition coefficient (Wildman–Crippen LogP) is 3.81. The molecule has 1 amide bonds. The van der Waals surface area contributed by atoms with Crippen LogP contribution in [0, 0.1) is 12.7 Å². The SMILES string of the molecule is Cc1cccc(CC(=O)NCCc2csc3nc(-c4ccccc4F)nn23)c1. The molecule has 1 N–H and O–H groups in total. The quantitative estimate of drug-likeness (QED) is 0.541. The largest absolute Gasteiger partial charge is 0.355 e. The number of thiazole rings is 1. The fourth-order valence-corrected chi connectivity index (χ4v) is 3.91. The molecule has 4 aromatic rings.